The van der Waals surface area contributed by atoms with Gasteiger partial charge in [0, 0.05) is 12.6 Å². The maximum atomic E-state index is 12.1. The van der Waals surface area contributed by atoms with Crippen molar-refractivity contribution < 1.29 is 14.3 Å². The van der Waals surface area contributed by atoms with Gasteiger partial charge < -0.3 is 14.8 Å². The summed E-state index contributed by atoms with van der Waals surface area (Å²) in [5.74, 6) is -0.0429. The van der Waals surface area contributed by atoms with Gasteiger partial charge in [0.25, 0.3) is 5.91 Å². The first-order valence-corrected chi connectivity index (χ1v) is 7.47. The molecule has 0 radical (unpaired) electrons. The molecule has 0 bridgehead atoms. The Morgan fingerprint density at radius 3 is 3.00 bits per heavy atom. The van der Waals surface area contributed by atoms with E-state index in [1.807, 2.05) is 10.8 Å². The van der Waals surface area contributed by atoms with Crippen molar-refractivity contribution in [3.63, 3.8) is 0 Å². The van der Waals surface area contributed by atoms with Crippen LogP contribution in [0.5, 0.6) is 0 Å². The predicted octanol–water partition coefficient (Wildman–Crippen LogP) is 1.14. The maximum absolute atomic E-state index is 12.1. The Labute approximate surface area is 130 Å². The Hall–Kier alpha value is -2.45. The second kappa shape index (κ2) is 5.74. The first-order valence-electron chi connectivity index (χ1n) is 6.53. The lowest BCUT2D eigenvalue weighted by molar-refractivity contribution is 0.0527. The molecule has 3 heterocycles. The first-order chi connectivity index (χ1) is 10.6. The molecule has 3 rings (SSSR count). The van der Waals surface area contributed by atoms with Crippen LogP contribution in [0.4, 0.5) is 0 Å². The molecule has 0 aliphatic heterocycles. The van der Waals surface area contributed by atoms with E-state index in [4.69, 9.17) is 4.42 Å². The number of carbonyl (C=O) groups excluding carboxylic acids is 1. The van der Waals surface area contributed by atoms with Gasteiger partial charge in [0.05, 0.1) is 19.0 Å². The third-order valence-corrected chi connectivity index (χ3v) is 3.95. The molecule has 1 unspecified atom stereocenters. The topological polar surface area (TPSA) is 93.2 Å². The number of nitrogens with zero attached hydrogens (tertiary/aromatic N) is 3. The molecule has 1 atom stereocenters. The quantitative estimate of drug-likeness (QED) is 0.736. The molecule has 114 valence electrons. The van der Waals surface area contributed by atoms with Crippen molar-refractivity contribution in [1.82, 2.24) is 20.3 Å². The maximum Gasteiger partial charge on any atom is 0.273 e. The van der Waals surface area contributed by atoms with Crippen molar-refractivity contribution in [1.29, 1.82) is 0 Å². The minimum Gasteiger partial charge on any atom is -0.466 e. The molecule has 8 heteroatoms. The number of amides is 1. The molecule has 0 saturated carbocycles. The van der Waals surface area contributed by atoms with Gasteiger partial charge in [0.15, 0.2) is 11.3 Å². The molecular formula is C14H14N4O3S. The van der Waals surface area contributed by atoms with Crippen LogP contribution in [0.15, 0.2) is 45.8 Å². The van der Waals surface area contributed by atoms with Crippen LogP contribution < -0.4 is 5.32 Å². The number of aliphatic hydroxyl groups is 1. The SMILES string of the molecule is Cn1cc(C(=O)NCC(O)(c2ccsc2)c2ccco2)nn1. The predicted molar refractivity (Wildman–Crippen MR) is 79.4 cm³/mol. The van der Waals surface area contributed by atoms with Crippen LogP contribution in [-0.2, 0) is 12.6 Å². The van der Waals surface area contributed by atoms with Crippen molar-refractivity contribution in [3.8, 4) is 0 Å². The van der Waals surface area contributed by atoms with Crippen LogP contribution in [0.1, 0.15) is 21.8 Å². The molecule has 0 saturated heterocycles. The fraction of sp³-hybridized carbons (Fsp3) is 0.214. The summed E-state index contributed by atoms with van der Waals surface area (Å²) in [6.07, 6.45) is 2.99. The number of aromatic nitrogens is 3. The number of furan rings is 1. The Balaban J connectivity index is 1.81. The number of aryl methyl sites for hydroxylation is 1. The van der Waals surface area contributed by atoms with Crippen molar-refractivity contribution in [2.75, 3.05) is 6.54 Å². The van der Waals surface area contributed by atoms with Crippen LogP contribution in [0, 0.1) is 0 Å². The van der Waals surface area contributed by atoms with Crippen molar-refractivity contribution in [2.45, 2.75) is 5.60 Å². The highest BCUT2D eigenvalue weighted by Crippen LogP contribution is 2.31. The molecule has 7 nitrogen and oxygen atoms in total. The number of nitrogens with one attached hydrogen (secondary N) is 1. The summed E-state index contributed by atoms with van der Waals surface area (Å²) in [6, 6.07) is 5.16. The minimum absolute atomic E-state index is 0.0351. The highest BCUT2D eigenvalue weighted by molar-refractivity contribution is 7.08. The summed E-state index contributed by atoms with van der Waals surface area (Å²) < 4.78 is 6.77. The van der Waals surface area contributed by atoms with Crippen molar-refractivity contribution in [3.05, 3.63) is 58.4 Å². The summed E-state index contributed by atoms with van der Waals surface area (Å²) in [6.45, 7) is -0.0351. The summed E-state index contributed by atoms with van der Waals surface area (Å²) in [7, 11) is 1.67. The van der Waals surface area contributed by atoms with Crippen LogP contribution in [0.25, 0.3) is 0 Å². The Morgan fingerprint density at radius 2 is 2.41 bits per heavy atom. The summed E-state index contributed by atoms with van der Waals surface area (Å²) in [5.41, 5.74) is -0.581. The molecule has 1 amide bonds. The Bertz CT molecular complexity index is 715. The normalized spacial score (nSPS) is 13.7. The molecule has 0 aliphatic rings. The minimum atomic E-state index is -1.43. The number of hydrogen-bond donors (Lipinski definition) is 2. The van der Waals surface area contributed by atoms with E-state index in [2.05, 4.69) is 15.6 Å². The zero-order valence-corrected chi connectivity index (χ0v) is 12.6. The van der Waals surface area contributed by atoms with E-state index < -0.39 is 11.5 Å². The van der Waals surface area contributed by atoms with Gasteiger partial charge in [-0.05, 0) is 29.0 Å². The van der Waals surface area contributed by atoms with E-state index in [0.717, 1.165) is 0 Å². The van der Waals surface area contributed by atoms with Crippen LogP contribution in [0.2, 0.25) is 0 Å². The third-order valence-electron chi connectivity index (χ3n) is 3.27. The largest absolute Gasteiger partial charge is 0.466 e. The molecule has 22 heavy (non-hydrogen) atoms. The third kappa shape index (κ3) is 2.66. The van der Waals surface area contributed by atoms with Crippen LogP contribution >= 0.6 is 11.3 Å². The highest BCUT2D eigenvalue weighted by Gasteiger charge is 2.35. The van der Waals surface area contributed by atoms with Crippen LogP contribution in [-0.4, -0.2) is 32.6 Å². The van der Waals surface area contributed by atoms with Gasteiger partial charge in [0.1, 0.15) is 5.76 Å². The number of thiophene rings is 1. The fourth-order valence-corrected chi connectivity index (χ4v) is 2.82. The van der Waals surface area contributed by atoms with Gasteiger partial charge in [-0.15, -0.1) is 5.10 Å². The molecule has 3 aromatic rings. The second-order valence-electron chi connectivity index (χ2n) is 4.81. The molecule has 0 aliphatic carbocycles. The summed E-state index contributed by atoms with van der Waals surface area (Å²) in [4.78, 5) is 12.1. The Morgan fingerprint density at radius 1 is 1.55 bits per heavy atom. The lowest BCUT2D eigenvalue weighted by atomic mass is 9.93. The van der Waals surface area contributed by atoms with Crippen LogP contribution in [0.3, 0.4) is 0 Å². The average molecular weight is 318 g/mol. The fourth-order valence-electron chi connectivity index (χ4n) is 2.10. The zero-order valence-electron chi connectivity index (χ0n) is 11.8. The smallest absolute Gasteiger partial charge is 0.273 e. The van der Waals surface area contributed by atoms with E-state index in [1.165, 1.54) is 28.5 Å². The molecule has 0 aromatic carbocycles. The molecular weight excluding hydrogens is 304 g/mol. The standard InChI is InChI=1S/C14H14N4O3S/c1-18-7-11(16-17-18)13(19)15-9-14(20,10-4-6-22-8-10)12-3-2-5-21-12/h2-8,20H,9H2,1H3,(H,15,19). The highest BCUT2D eigenvalue weighted by atomic mass is 32.1. The second-order valence-corrected chi connectivity index (χ2v) is 5.59. The molecule has 0 fully saturated rings. The van der Waals surface area contributed by atoms with Gasteiger partial charge in [0.2, 0.25) is 0 Å². The lowest BCUT2D eigenvalue weighted by Crippen LogP contribution is -2.41. The summed E-state index contributed by atoms with van der Waals surface area (Å²) >= 11 is 1.46. The molecule has 3 aromatic heterocycles. The monoisotopic (exact) mass is 318 g/mol. The zero-order chi connectivity index (χ0) is 15.6. The number of rotatable bonds is 5. The van der Waals surface area contributed by atoms with E-state index in [9.17, 15) is 9.90 Å². The van der Waals surface area contributed by atoms with Gasteiger partial charge >= 0.3 is 0 Å². The van der Waals surface area contributed by atoms with Crippen molar-refractivity contribution in [2.24, 2.45) is 7.05 Å². The van der Waals surface area contributed by atoms with E-state index in [1.54, 1.807) is 25.2 Å². The molecule has 2 N–H and O–H groups in total. The Kier molecular flexibility index (Phi) is 3.78. The first kappa shape index (κ1) is 14.5. The van der Waals surface area contributed by atoms with E-state index in [-0.39, 0.29) is 12.2 Å². The van der Waals surface area contributed by atoms with Gasteiger partial charge in [-0.1, -0.05) is 5.21 Å². The van der Waals surface area contributed by atoms with Gasteiger partial charge in [-0.25, -0.2) is 0 Å². The number of hydrogen-bond acceptors (Lipinski definition) is 6. The van der Waals surface area contributed by atoms with Gasteiger partial charge in [-0.3, -0.25) is 9.48 Å². The van der Waals surface area contributed by atoms with Crippen molar-refractivity contribution >= 4 is 17.2 Å². The molecule has 0 spiro atoms. The lowest BCUT2D eigenvalue weighted by Gasteiger charge is -2.25. The van der Waals surface area contributed by atoms with E-state index >= 15 is 0 Å². The summed E-state index contributed by atoms with van der Waals surface area (Å²) in [5, 5.41) is 24.8. The van der Waals surface area contributed by atoms with E-state index in [0.29, 0.717) is 11.3 Å². The van der Waals surface area contributed by atoms with Gasteiger partial charge in [-0.2, -0.15) is 11.3 Å². The number of carbonyl (C=O) groups is 1. The average Bonchev–Trinajstić information content (AvgIpc) is 3.24.